The van der Waals surface area contributed by atoms with Crippen molar-refractivity contribution in [3.63, 3.8) is 0 Å². The fraction of sp³-hybridized carbons (Fsp3) is 0.385. The van der Waals surface area contributed by atoms with E-state index in [1.807, 2.05) is 18.3 Å². The van der Waals surface area contributed by atoms with Crippen LogP contribution in [0, 0.1) is 5.92 Å². The first-order valence-electron chi connectivity index (χ1n) is 5.64. The van der Waals surface area contributed by atoms with Crippen molar-refractivity contribution in [2.45, 2.75) is 25.3 Å². The summed E-state index contributed by atoms with van der Waals surface area (Å²) in [6, 6.07) is 4.01. The number of hydrogen-bond acceptors (Lipinski definition) is 2. The average Bonchev–Trinajstić information content (AvgIpc) is 2.27. The topological polar surface area (TPSA) is 42.0 Å². The van der Waals surface area contributed by atoms with Gasteiger partial charge in [0.05, 0.1) is 6.04 Å². The Kier molecular flexibility index (Phi) is 3.34. The van der Waals surface area contributed by atoms with E-state index in [1.165, 1.54) is 25.3 Å². The summed E-state index contributed by atoms with van der Waals surface area (Å²) in [5.41, 5.74) is 1.09. The fourth-order valence-electron chi connectivity index (χ4n) is 2.02. The molecule has 0 aromatic carbocycles. The second-order valence-electron chi connectivity index (χ2n) is 4.17. The monoisotopic (exact) mass is 216 g/mol. The third kappa shape index (κ3) is 2.30. The van der Waals surface area contributed by atoms with Crippen molar-refractivity contribution >= 4 is 5.91 Å². The van der Waals surface area contributed by atoms with Crippen LogP contribution in [0.15, 0.2) is 37.2 Å². The summed E-state index contributed by atoms with van der Waals surface area (Å²) in [4.78, 5) is 15.5. The van der Waals surface area contributed by atoms with E-state index in [0.29, 0.717) is 5.92 Å². The van der Waals surface area contributed by atoms with Crippen molar-refractivity contribution in [3.05, 3.63) is 42.7 Å². The van der Waals surface area contributed by atoms with E-state index in [-0.39, 0.29) is 11.9 Å². The van der Waals surface area contributed by atoms with Crippen LogP contribution in [0.3, 0.4) is 0 Å². The molecule has 3 heteroatoms. The molecule has 2 rings (SSSR count). The molecule has 16 heavy (non-hydrogen) atoms. The fourth-order valence-corrected chi connectivity index (χ4v) is 2.02. The van der Waals surface area contributed by atoms with Gasteiger partial charge >= 0.3 is 0 Å². The van der Waals surface area contributed by atoms with Crippen LogP contribution in [0.1, 0.15) is 30.9 Å². The SMILES string of the molecule is C=CC(=O)N[C@@H](c1cccnc1)C1CCC1. The first-order valence-corrected chi connectivity index (χ1v) is 5.64. The Balaban J connectivity index is 2.14. The van der Waals surface area contributed by atoms with Gasteiger partial charge in [-0.1, -0.05) is 19.1 Å². The number of amides is 1. The maximum atomic E-state index is 11.4. The van der Waals surface area contributed by atoms with Crippen molar-refractivity contribution in [1.82, 2.24) is 10.3 Å². The van der Waals surface area contributed by atoms with Gasteiger partial charge in [-0.25, -0.2) is 0 Å². The highest BCUT2D eigenvalue weighted by Crippen LogP contribution is 2.37. The molecule has 1 atom stereocenters. The van der Waals surface area contributed by atoms with Crippen LogP contribution < -0.4 is 5.32 Å². The van der Waals surface area contributed by atoms with Gasteiger partial charge in [-0.05, 0) is 36.5 Å². The summed E-state index contributed by atoms with van der Waals surface area (Å²) in [7, 11) is 0. The number of carbonyl (C=O) groups excluding carboxylic acids is 1. The van der Waals surface area contributed by atoms with Gasteiger partial charge in [0.1, 0.15) is 0 Å². The van der Waals surface area contributed by atoms with E-state index < -0.39 is 0 Å². The predicted octanol–water partition coefficient (Wildman–Crippen LogP) is 2.22. The normalized spacial score (nSPS) is 17.2. The van der Waals surface area contributed by atoms with Crippen LogP contribution in [0.4, 0.5) is 0 Å². The van der Waals surface area contributed by atoms with Crippen molar-refractivity contribution in [2.75, 3.05) is 0 Å². The van der Waals surface area contributed by atoms with Crippen molar-refractivity contribution in [3.8, 4) is 0 Å². The van der Waals surface area contributed by atoms with E-state index in [1.54, 1.807) is 6.20 Å². The van der Waals surface area contributed by atoms with Crippen molar-refractivity contribution in [2.24, 2.45) is 5.92 Å². The lowest BCUT2D eigenvalue weighted by molar-refractivity contribution is -0.117. The molecule has 0 unspecified atom stereocenters. The van der Waals surface area contributed by atoms with E-state index in [4.69, 9.17) is 0 Å². The lowest BCUT2D eigenvalue weighted by Gasteiger charge is -2.34. The highest BCUT2D eigenvalue weighted by Gasteiger charge is 2.29. The number of rotatable bonds is 4. The smallest absolute Gasteiger partial charge is 0.243 e. The van der Waals surface area contributed by atoms with Crippen LogP contribution >= 0.6 is 0 Å². The minimum Gasteiger partial charge on any atom is -0.345 e. The minimum atomic E-state index is -0.110. The summed E-state index contributed by atoms with van der Waals surface area (Å²) in [5, 5.41) is 2.99. The zero-order valence-electron chi connectivity index (χ0n) is 9.23. The van der Waals surface area contributed by atoms with E-state index in [9.17, 15) is 4.79 Å². The van der Waals surface area contributed by atoms with Gasteiger partial charge < -0.3 is 5.32 Å². The van der Waals surface area contributed by atoms with Crippen LogP contribution in [0.5, 0.6) is 0 Å². The largest absolute Gasteiger partial charge is 0.345 e. The second kappa shape index (κ2) is 4.92. The molecule has 0 radical (unpaired) electrons. The van der Waals surface area contributed by atoms with Crippen LogP contribution in [-0.4, -0.2) is 10.9 Å². The summed E-state index contributed by atoms with van der Waals surface area (Å²) in [6.45, 7) is 3.48. The minimum absolute atomic E-state index is 0.0907. The van der Waals surface area contributed by atoms with Crippen molar-refractivity contribution in [1.29, 1.82) is 0 Å². The lowest BCUT2D eigenvalue weighted by Crippen LogP contribution is -2.35. The highest BCUT2D eigenvalue weighted by atomic mass is 16.1. The first kappa shape index (κ1) is 10.9. The molecule has 0 bridgehead atoms. The molecule has 3 nitrogen and oxygen atoms in total. The van der Waals surface area contributed by atoms with E-state index in [2.05, 4.69) is 16.9 Å². The third-order valence-corrected chi connectivity index (χ3v) is 3.15. The first-order chi connectivity index (χ1) is 7.81. The molecule has 1 N–H and O–H groups in total. The molecule has 1 saturated carbocycles. The zero-order valence-corrected chi connectivity index (χ0v) is 9.23. The van der Waals surface area contributed by atoms with Gasteiger partial charge in [0.15, 0.2) is 0 Å². The standard InChI is InChI=1S/C13H16N2O/c1-2-12(16)15-13(10-5-3-6-10)11-7-4-8-14-9-11/h2,4,7-10,13H,1,3,5-6H2,(H,15,16)/t13-/m1/s1. The molecular weight excluding hydrogens is 200 g/mol. The van der Waals surface area contributed by atoms with Gasteiger partial charge in [-0.3, -0.25) is 9.78 Å². The Hall–Kier alpha value is -1.64. The maximum absolute atomic E-state index is 11.4. The Morgan fingerprint density at radius 3 is 2.94 bits per heavy atom. The summed E-state index contributed by atoms with van der Waals surface area (Å²) in [5.74, 6) is 0.439. The number of pyridine rings is 1. The molecule has 1 aliphatic rings. The molecule has 84 valence electrons. The van der Waals surface area contributed by atoms with Crippen LogP contribution in [0.2, 0.25) is 0 Å². The van der Waals surface area contributed by atoms with Gasteiger partial charge in [0.2, 0.25) is 5.91 Å². The molecule has 1 heterocycles. The average molecular weight is 216 g/mol. The Morgan fingerprint density at radius 2 is 2.44 bits per heavy atom. The maximum Gasteiger partial charge on any atom is 0.243 e. The van der Waals surface area contributed by atoms with Crippen molar-refractivity contribution < 1.29 is 4.79 Å². The second-order valence-corrected chi connectivity index (χ2v) is 4.17. The van der Waals surface area contributed by atoms with E-state index >= 15 is 0 Å². The Bertz CT molecular complexity index is 371. The number of aromatic nitrogens is 1. The predicted molar refractivity (Wildman–Crippen MR) is 62.7 cm³/mol. The molecule has 1 aliphatic carbocycles. The van der Waals surface area contributed by atoms with E-state index in [0.717, 1.165) is 5.56 Å². The molecular formula is C13H16N2O. The third-order valence-electron chi connectivity index (χ3n) is 3.15. The molecule has 1 fully saturated rings. The van der Waals surface area contributed by atoms with Gasteiger partial charge in [0.25, 0.3) is 0 Å². The molecule has 0 aliphatic heterocycles. The Morgan fingerprint density at radius 1 is 1.62 bits per heavy atom. The lowest BCUT2D eigenvalue weighted by atomic mass is 9.77. The molecule has 1 aromatic rings. The summed E-state index contributed by atoms with van der Waals surface area (Å²) < 4.78 is 0. The molecule has 0 saturated heterocycles. The number of hydrogen-bond donors (Lipinski definition) is 1. The quantitative estimate of drug-likeness (QED) is 0.784. The van der Waals surface area contributed by atoms with Crippen LogP contribution in [-0.2, 0) is 4.79 Å². The van der Waals surface area contributed by atoms with Crippen LogP contribution in [0.25, 0.3) is 0 Å². The van der Waals surface area contributed by atoms with Gasteiger partial charge in [-0.2, -0.15) is 0 Å². The highest BCUT2D eigenvalue weighted by molar-refractivity contribution is 5.87. The summed E-state index contributed by atoms with van der Waals surface area (Å²) in [6.07, 6.45) is 8.50. The molecule has 1 aromatic heterocycles. The molecule has 0 spiro atoms. The zero-order chi connectivity index (χ0) is 11.4. The number of carbonyl (C=O) groups is 1. The van der Waals surface area contributed by atoms with Gasteiger partial charge in [0, 0.05) is 12.4 Å². The molecule has 1 amide bonds. The summed E-state index contributed by atoms with van der Waals surface area (Å²) >= 11 is 0. The Labute approximate surface area is 95.6 Å². The number of nitrogens with zero attached hydrogens (tertiary/aromatic N) is 1. The number of nitrogens with one attached hydrogen (secondary N) is 1. The van der Waals surface area contributed by atoms with Gasteiger partial charge in [-0.15, -0.1) is 0 Å².